The summed E-state index contributed by atoms with van der Waals surface area (Å²) in [6.45, 7) is 0.159. The molecule has 0 spiro atoms. The Labute approximate surface area is 197 Å². The van der Waals surface area contributed by atoms with Crippen molar-refractivity contribution in [1.29, 1.82) is 0 Å². The van der Waals surface area contributed by atoms with Crippen LogP contribution in [0.2, 0.25) is 10.0 Å². The van der Waals surface area contributed by atoms with Crippen molar-refractivity contribution < 1.29 is 17.9 Å². The molecule has 3 rings (SSSR count). The summed E-state index contributed by atoms with van der Waals surface area (Å²) < 4.78 is 34.0. The average Bonchev–Trinajstić information content (AvgIpc) is 2.78. The van der Waals surface area contributed by atoms with Crippen LogP contribution in [0.3, 0.4) is 0 Å². The highest BCUT2D eigenvalue weighted by atomic mass is 35.5. The van der Waals surface area contributed by atoms with Gasteiger partial charge in [-0.2, -0.15) is 4.72 Å². The molecule has 0 unspecified atom stereocenters. The van der Waals surface area contributed by atoms with Gasteiger partial charge < -0.3 is 10.1 Å². The molecule has 0 aromatic heterocycles. The van der Waals surface area contributed by atoms with Gasteiger partial charge in [-0.15, -0.1) is 0 Å². The van der Waals surface area contributed by atoms with Crippen molar-refractivity contribution >= 4 is 39.1 Å². The van der Waals surface area contributed by atoms with Crippen LogP contribution < -0.4 is 14.8 Å². The van der Waals surface area contributed by atoms with Crippen molar-refractivity contribution in [3.63, 3.8) is 0 Å². The van der Waals surface area contributed by atoms with E-state index in [1.807, 2.05) is 36.4 Å². The van der Waals surface area contributed by atoms with E-state index in [0.717, 1.165) is 11.1 Å². The van der Waals surface area contributed by atoms with E-state index in [0.29, 0.717) is 5.02 Å². The van der Waals surface area contributed by atoms with Gasteiger partial charge in [0.05, 0.1) is 7.11 Å². The number of ether oxygens (including phenoxy) is 1. The van der Waals surface area contributed by atoms with E-state index >= 15 is 0 Å². The Morgan fingerprint density at radius 2 is 1.69 bits per heavy atom. The number of sulfonamides is 1. The molecule has 0 aliphatic rings. The first-order valence-electron chi connectivity index (χ1n) is 9.71. The first kappa shape index (κ1) is 24.1. The van der Waals surface area contributed by atoms with Crippen molar-refractivity contribution in [2.75, 3.05) is 7.11 Å². The SMILES string of the molecule is COc1ccc(Cl)cc1S(=O)(=O)N[C@@H](Cc1ccccc1)C(=O)NCc1ccccc1Cl. The summed E-state index contributed by atoms with van der Waals surface area (Å²) in [4.78, 5) is 12.9. The maximum absolute atomic E-state index is 13.1. The lowest BCUT2D eigenvalue weighted by Gasteiger charge is -2.20. The first-order chi connectivity index (χ1) is 15.3. The van der Waals surface area contributed by atoms with Crippen LogP contribution in [0.4, 0.5) is 0 Å². The molecule has 6 nitrogen and oxygen atoms in total. The summed E-state index contributed by atoms with van der Waals surface area (Å²) in [5.41, 5.74) is 1.52. The summed E-state index contributed by atoms with van der Waals surface area (Å²) in [6, 6.07) is 19.4. The van der Waals surface area contributed by atoms with Crippen LogP contribution >= 0.6 is 23.2 Å². The predicted molar refractivity (Wildman–Crippen MR) is 126 cm³/mol. The van der Waals surface area contributed by atoms with E-state index in [1.54, 1.807) is 18.2 Å². The smallest absolute Gasteiger partial charge is 0.245 e. The molecule has 0 saturated heterocycles. The highest BCUT2D eigenvalue weighted by molar-refractivity contribution is 7.89. The number of nitrogens with one attached hydrogen (secondary N) is 2. The number of halogens is 2. The Hall–Kier alpha value is -2.58. The third-order valence-corrected chi connectivity index (χ3v) is 6.82. The fourth-order valence-corrected chi connectivity index (χ4v) is 4.93. The molecule has 1 atom stereocenters. The molecule has 3 aromatic rings. The number of methoxy groups -OCH3 is 1. The fraction of sp³-hybridized carbons (Fsp3) is 0.174. The predicted octanol–water partition coefficient (Wildman–Crippen LogP) is 4.21. The second-order valence-electron chi connectivity index (χ2n) is 6.97. The zero-order chi connectivity index (χ0) is 23.1. The van der Waals surface area contributed by atoms with E-state index in [2.05, 4.69) is 10.0 Å². The van der Waals surface area contributed by atoms with Crippen molar-refractivity contribution in [2.24, 2.45) is 0 Å². The standard InChI is InChI=1S/C23H22Cl2N2O4S/c1-31-21-12-11-18(24)14-22(21)32(29,30)27-20(13-16-7-3-2-4-8-16)23(28)26-15-17-9-5-6-10-19(17)25/h2-12,14,20,27H,13,15H2,1H3,(H,26,28)/t20-/m0/s1. The molecule has 32 heavy (non-hydrogen) atoms. The van der Waals surface area contributed by atoms with Gasteiger partial charge in [-0.25, -0.2) is 8.42 Å². The van der Waals surface area contributed by atoms with Crippen LogP contribution in [0.25, 0.3) is 0 Å². The molecule has 168 valence electrons. The second-order valence-corrected chi connectivity index (χ2v) is 9.49. The summed E-state index contributed by atoms with van der Waals surface area (Å²) >= 11 is 12.2. The van der Waals surface area contributed by atoms with Gasteiger partial charge in [-0.05, 0) is 41.8 Å². The molecular formula is C23H22Cl2N2O4S. The monoisotopic (exact) mass is 492 g/mol. The number of carbonyl (C=O) groups is 1. The molecule has 3 aromatic carbocycles. The van der Waals surface area contributed by atoms with Crippen molar-refractivity contribution in [2.45, 2.75) is 23.9 Å². The molecule has 1 amide bonds. The molecule has 9 heteroatoms. The molecule has 0 bridgehead atoms. The molecule has 0 radical (unpaired) electrons. The lowest BCUT2D eigenvalue weighted by Crippen LogP contribution is -2.47. The normalized spacial score (nSPS) is 12.2. The van der Waals surface area contributed by atoms with Gasteiger partial charge in [0, 0.05) is 16.6 Å². The zero-order valence-electron chi connectivity index (χ0n) is 17.2. The number of rotatable bonds is 9. The number of hydrogen-bond acceptors (Lipinski definition) is 4. The molecule has 0 aliphatic carbocycles. The second kappa shape index (κ2) is 10.8. The molecule has 0 aliphatic heterocycles. The fourth-order valence-electron chi connectivity index (χ4n) is 3.10. The molecular weight excluding hydrogens is 471 g/mol. The highest BCUT2D eigenvalue weighted by Crippen LogP contribution is 2.27. The summed E-state index contributed by atoms with van der Waals surface area (Å²) in [5, 5.41) is 3.51. The number of carbonyl (C=O) groups excluding carboxylic acids is 1. The van der Waals surface area contributed by atoms with Crippen LogP contribution in [0.5, 0.6) is 5.75 Å². The minimum absolute atomic E-state index is 0.122. The van der Waals surface area contributed by atoms with Gasteiger partial charge in [0.25, 0.3) is 0 Å². The van der Waals surface area contributed by atoms with Gasteiger partial charge in [0.15, 0.2) is 0 Å². The maximum atomic E-state index is 13.1. The van der Waals surface area contributed by atoms with E-state index in [4.69, 9.17) is 27.9 Å². The summed E-state index contributed by atoms with van der Waals surface area (Å²) in [5.74, 6) is -0.366. The Balaban J connectivity index is 1.86. The Morgan fingerprint density at radius 3 is 2.38 bits per heavy atom. The zero-order valence-corrected chi connectivity index (χ0v) is 19.5. The van der Waals surface area contributed by atoms with Gasteiger partial charge in [-0.3, -0.25) is 4.79 Å². The Morgan fingerprint density at radius 1 is 1.00 bits per heavy atom. The van der Waals surface area contributed by atoms with Gasteiger partial charge in [0.1, 0.15) is 16.7 Å². The quantitative estimate of drug-likeness (QED) is 0.468. The van der Waals surface area contributed by atoms with E-state index in [9.17, 15) is 13.2 Å². The van der Waals surface area contributed by atoms with Crippen LogP contribution in [-0.2, 0) is 27.8 Å². The molecule has 0 fully saturated rings. The molecule has 0 saturated carbocycles. The summed E-state index contributed by atoms with van der Waals surface area (Å²) in [7, 11) is -2.77. The summed E-state index contributed by atoms with van der Waals surface area (Å²) in [6.07, 6.45) is 0.150. The van der Waals surface area contributed by atoms with Crippen LogP contribution in [0.1, 0.15) is 11.1 Å². The Bertz CT molecular complexity index is 1190. The third kappa shape index (κ3) is 6.23. The van der Waals surface area contributed by atoms with Crippen molar-refractivity contribution in [1.82, 2.24) is 10.0 Å². The van der Waals surface area contributed by atoms with Crippen molar-refractivity contribution in [3.05, 3.63) is 94.0 Å². The number of benzene rings is 3. The maximum Gasteiger partial charge on any atom is 0.245 e. The Kier molecular flexibility index (Phi) is 8.15. The number of amides is 1. The topological polar surface area (TPSA) is 84.5 Å². The minimum atomic E-state index is -4.13. The minimum Gasteiger partial charge on any atom is -0.495 e. The number of hydrogen-bond donors (Lipinski definition) is 2. The molecule has 2 N–H and O–H groups in total. The van der Waals surface area contributed by atoms with Gasteiger partial charge in [-0.1, -0.05) is 71.7 Å². The lowest BCUT2D eigenvalue weighted by molar-refractivity contribution is -0.122. The lowest BCUT2D eigenvalue weighted by atomic mass is 10.1. The third-order valence-electron chi connectivity index (χ3n) is 4.72. The van der Waals surface area contributed by atoms with E-state index in [-0.39, 0.29) is 28.6 Å². The molecule has 0 heterocycles. The van der Waals surface area contributed by atoms with Crippen LogP contribution in [-0.4, -0.2) is 27.5 Å². The van der Waals surface area contributed by atoms with Crippen molar-refractivity contribution in [3.8, 4) is 5.75 Å². The van der Waals surface area contributed by atoms with E-state index < -0.39 is 22.0 Å². The van der Waals surface area contributed by atoms with E-state index in [1.165, 1.54) is 25.3 Å². The highest BCUT2D eigenvalue weighted by Gasteiger charge is 2.28. The average molecular weight is 493 g/mol. The van der Waals surface area contributed by atoms with Gasteiger partial charge >= 0.3 is 0 Å². The van der Waals surface area contributed by atoms with Gasteiger partial charge in [0.2, 0.25) is 15.9 Å². The van der Waals surface area contributed by atoms with Crippen LogP contribution in [0.15, 0.2) is 77.7 Å². The largest absolute Gasteiger partial charge is 0.495 e. The van der Waals surface area contributed by atoms with Crippen LogP contribution in [0, 0.1) is 0 Å². The first-order valence-corrected chi connectivity index (χ1v) is 11.9.